The zero-order valence-electron chi connectivity index (χ0n) is 13.3. The lowest BCUT2D eigenvalue weighted by molar-refractivity contribution is -0.121. The monoisotopic (exact) mass is 336 g/mol. The molecule has 23 heavy (non-hydrogen) atoms. The van der Waals surface area contributed by atoms with Crippen molar-refractivity contribution in [2.24, 2.45) is 7.05 Å². The van der Waals surface area contributed by atoms with Crippen LogP contribution in [0.15, 0.2) is 42.7 Å². The van der Waals surface area contributed by atoms with Crippen LogP contribution >= 0.6 is 0 Å². The number of nitrogens with one attached hydrogen (secondary N) is 1. The van der Waals surface area contributed by atoms with Gasteiger partial charge in [-0.1, -0.05) is 30.3 Å². The molecule has 0 saturated heterocycles. The first-order valence-corrected chi connectivity index (χ1v) is 8.86. The molecule has 1 aromatic carbocycles. The molecule has 0 saturated carbocycles. The van der Waals surface area contributed by atoms with Gasteiger partial charge in [-0.15, -0.1) is 0 Å². The molecule has 2 aromatic rings. The van der Waals surface area contributed by atoms with Gasteiger partial charge in [-0.25, -0.2) is 13.4 Å². The highest BCUT2D eigenvalue weighted by Crippen LogP contribution is 2.20. The van der Waals surface area contributed by atoms with Gasteiger partial charge >= 0.3 is 0 Å². The summed E-state index contributed by atoms with van der Waals surface area (Å²) in [7, 11) is -0.200. The molecule has 0 spiro atoms. The molecule has 2 rings (SSSR count). The van der Waals surface area contributed by atoms with Gasteiger partial charge in [0.05, 0.1) is 12.8 Å². The predicted molar refractivity (Wildman–Crippen MR) is 87.1 cm³/mol. The number of hydrogen-bond donors (Lipinski definition) is 1. The fourth-order valence-electron chi connectivity index (χ4n) is 2.12. The number of hydrogen-bond acceptors (Lipinski definition) is 4. The third-order valence-corrected chi connectivity index (χ3v) is 4.75. The number of nitrogens with zero attached hydrogens (tertiary/aromatic N) is 3. The van der Waals surface area contributed by atoms with E-state index in [2.05, 4.69) is 10.3 Å². The highest BCUT2D eigenvalue weighted by Gasteiger charge is 2.22. The number of aromatic nitrogens is 2. The summed E-state index contributed by atoms with van der Waals surface area (Å²) in [6, 6.07) is 8.97. The van der Waals surface area contributed by atoms with Crippen molar-refractivity contribution in [3.63, 3.8) is 0 Å². The lowest BCUT2D eigenvalue weighted by Gasteiger charge is -2.21. The second-order valence-corrected chi connectivity index (χ2v) is 7.42. The van der Waals surface area contributed by atoms with E-state index in [1.54, 1.807) is 12.4 Å². The summed E-state index contributed by atoms with van der Waals surface area (Å²) in [6.07, 6.45) is 4.51. The first-order chi connectivity index (χ1) is 10.8. The van der Waals surface area contributed by atoms with Gasteiger partial charge < -0.3 is 9.88 Å². The normalized spacial score (nSPS) is 13.0. The lowest BCUT2D eigenvalue weighted by Crippen LogP contribution is -2.40. The smallest absolute Gasteiger partial charge is 0.236 e. The van der Waals surface area contributed by atoms with Crippen LogP contribution in [0.2, 0.25) is 0 Å². The molecule has 0 aliphatic rings. The third-order valence-electron chi connectivity index (χ3n) is 3.49. The maximum Gasteiger partial charge on any atom is 0.236 e. The Morgan fingerprint density at radius 3 is 2.52 bits per heavy atom. The van der Waals surface area contributed by atoms with E-state index < -0.39 is 22.0 Å². The summed E-state index contributed by atoms with van der Waals surface area (Å²) in [5, 5.41) is 2.85. The molecule has 8 heteroatoms. The summed E-state index contributed by atoms with van der Waals surface area (Å²) in [5.74, 6) is 0.279. The minimum absolute atomic E-state index is 0.243. The van der Waals surface area contributed by atoms with Crippen LogP contribution < -0.4 is 5.32 Å². The van der Waals surface area contributed by atoms with Crippen LogP contribution in [0.3, 0.4) is 0 Å². The minimum Gasteiger partial charge on any atom is -0.341 e. The van der Waals surface area contributed by atoms with E-state index in [0.717, 1.165) is 16.1 Å². The Kier molecular flexibility index (Phi) is 5.17. The number of benzene rings is 1. The number of carbonyl (C=O) groups excluding carboxylic acids is 1. The molecular formula is C15H20N4O3S. The van der Waals surface area contributed by atoms with Crippen molar-refractivity contribution in [3.05, 3.63) is 54.1 Å². The highest BCUT2D eigenvalue weighted by molar-refractivity contribution is 7.88. The van der Waals surface area contributed by atoms with E-state index in [-0.39, 0.29) is 6.54 Å². The minimum atomic E-state index is -3.41. The summed E-state index contributed by atoms with van der Waals surface area (Å²) in [4.78, 5) is 16.5. The van der Waals surface area contributed by atoms with Gasteiger partial charge in [0.25, 0.3) is 0 Å². The average Bonchev–Trinajstić information content (AvgIpc) is 2.90. The fraction of sp³-hybridized carbons (Fsp3) is 0.333. The maximum atomic E-state index is 12.2. The molecule has 7 nitrogen and oxygen atoms in total. The van der Waals surface area contributed by atoms with Crippen LogP contribution in [-0.2, 0) is 21.9 Å². The molecular weight excluding hydrogens is 316 g/mol. The van der Waals surface area contributed by atoms with Gasteiger partial charge in [-0.2, -0.15) is 4.31 Å². The topological polar surface area (TPSA) is 84.3 Å². The van der Waals surface area contributed by atoms with Gasteiger partial charge in [0, 0.05) is 26.5 Å². The quantitative estimate of drug-likeness (QED) is 0.833. The zero-order chi connectivity index (χ0) is 17.0. The Bertz CT molecular complexity index is 771. The van der Waals surface area contributed by atoms with Crippen LogP contribution in [0.5, 0.6) is 0 Å². The highest BCUT2D eigenvalue weighted by atomic mass is 32.2. The van der Waals surface area contributed by atoms with Crippen molar-refractivity contribution in [1.29, 1.82) is 0 Å². The standard InChI is InChI=1S/C15H20N4O3S/c1-18-10-9-16-15(18)14(12-7-5-4-6-8-12)17-13(20)11-19(2)23(3,21)22/h4-10,14H,11H2,1-3H3,(H,17,20). The maximum absolute atomic E-state index is 12.2. The third kappa shape index (κ3) is 4.40. The van der Waals surface area contributed by atoms with Crippen molar-refractivity contribution in [3.8, 4) is 0 Å². The zero-order valence-corrected chi connectivity index (χ0v) is 14.1. The Balaban J connectivity index is 2.23. The van der Waals surface area contributed by atoms with Crippen LogP contribution in [0.25, 0.3) is 0 Å². The second kappa shape index (κ2) is 6.93. The number of amides is 1. The molecule has 0 radical (unpaired) electrons. The van der Waals surface area contributed by atoms with Crippen molar-refractivity contribution in [1.82, 2.24) is 19.2 Å². The molecule has 1 unspecified atom stereocenters. The van der Waals surface area contributed by atoms with E-state index in [9.17, 15) is 13.2 Å². The van der Waals surface area contributed by atoms with E-state index in [4.69, 9.17) is 0 Å². The summed E-state index contributed by atoms with van der Waals surface area (Å²) >= 11 is 0. The summed E-state index contributed by atoms with van der Waals surface area (Å²) in [6.45, 7) is -0.243. The first kappa shape index (κ1) is 17.2. The molecule has 0 fully saturated rings. The van der Waals surface area contributed by atoms with Gasteiger partial charge in [-0.05, 0) is 5.56 Å². The molecule has 1 N–H and O–H groups in total. The van der Waals surface area contributed by atoms with Crippen LogP contribution in [0.4, 0.5) is 0 Å². The van der Waals surface area contributed by atoms with E-state index in [1.807, 2.05) is 41.9 Å². The molecule has 1 aromatic heterocycles. The first-order valence-electron chi connectivity index (χ1n) is 7.02. The number of likely N-dealkylation sites (N-methyl/N-ethyl adjacent to an activating group) is 1. The second-order valence-electron chi connectivity index (χ2n) is 5.33. The van der Waals surface area contributed by atoms with Crippen molar-refractivity contribution in [2.75, 3.05) is 19.8 Å². The number of rotatable bonds is 6. The van der Waals surface area contributed by atoms with Crippen LogP contribution in [0, 0.1) is 0 Å². The SMILES string of the molecule is CN(CC(=O)NC(c1ccccc1)c1nccn1C)S(C)(=O)=O. The van der Waals surface area contributed by atoms with E-state index in [1.165, 1.54) is 7.05 Å². The Morgan fingerprint density at radius 2 is 2.00 bits per heavy atom. The van der Waals surface area contributed by atoms with E-state index in [0.29, 0.717) is 5.82 Å². The Morgan fingerprint density at radius 1 is 1.35 bits per heavy atom. The number of imidazole rings is 1. The molecule has 1 heterocycles. The number of sulfonamides is 1. The van der Waals surface area contributed by atoms with Gasteiger partial charge in [-0.3, -0.25) is 4.79 Å². The summed E-state index contributed by atoms with van der Waals surface area (Å²) in [5.41, 5.74) is 0.872. The number of carbonyl (C=O) groups is 1. The molecule has 0 aliphatic heterocycles. The molecule has 1 atom stereocenters. The largest absolute Gasteiger partial charge is 0.341 e. The molecule has 124 valence electrons. The van der Waals surface area contributed by atoms with Crippen LogP contribution in [-0.4, -0.2) is 48.0 Å². The fourth-order valence-corrected chi connectivity index (χ4v) is 2.48. The summed E-state index contributed by atoms with van der Waals surface area (Å²) < 4.78 is 25.7. The van der Waals surface area contributed by atoms with Gasteiger partial charge in [0.1, 0.15) is 11.9 Å². The van der Waals surface area contributed by atoms with Crippen LogP contribution in [0.1, 0.15) is 17.4 Å². The average molecular weight is 336 g/mol. The van der Waals surface area contributed by atoms with Gasteiger partial charge in [0.2, 0.25) is 15.9 Å². The molecule has 0 bridgehead atoms. The predicted octanol–water partition coefficient (Wildman–Crippen LogP) is 0.517. The van der Waals surface area contributed by atoms with Crippen molar-refractivity contribution in [2.45, 2.75) is 6.04 Å². The van der Waals surface area contributed by atoms with Crippen molar-refractivity contribution >= 4 is 15.9 Å². The van der Waals surface area contributed by atoms with E-state index >= 15 is 0 Å². The lowest BCUT2D eigenvalue weighted by atomic mass is 10.1. The molecule has 0 aliphatic carbocycles. The van der Waals surface area contributed by atoms with Gasteiger partial charge in [0.15, 0.2) is 0 Å². The molecule has 1 amide bonds. The number of aryl methyl sites for hydroxylation is 1. The Labute approximate surface area is 136 Å². The Hall–Kier alpha value is -2.19. The van der Waals surface area contributed by atoms with Crippen molar-refractivity contribution < 1.29 is 13.2 Å².